The van der Waals surface area contributed by atoms with E-state index in [9.17, 15) is 13.5 Å². The van der Waals surface area contributed by atoms with Crippen molar-refractivity contribution in [1.82, 2.24) is 4.83 Å². The van der Waals surface area contributed by atoms with Crippen LogP contribution in [0.1, 0.15) is 5.56 Å². The van der Waals surface area contributed by atoms with Crippen LogP contribution in [0, 0.1) is 0 Å². The van der Waals surface area contributed by atoms with E-state index in [1.807, 2.05) is 4.83 Å². The topological polar surface area (TPSA) is 88.0 Å². The van der Waals surface area contributed by atoms with Crippen LogP contribution in [0.15, 0.2) is 23.3 Å². The van der Waals surface area contributed by atoms with E-state index < -0.39 is 10.0 Å². The first-order chi connectivity index (χ1) is 7.42. The molecule has 0 heterocycles. The predicted molar refractivity (Wildman–Crippen MR) is 60.2 cm³/mol. The molecule has 1 rings (SSSR count). The molecule has 0 atom stereocenters. The first-order valence-electron chi connectivity index (χ1n) is 4.29. The smallest absolute Gasteiger partial charge is 0.244 e. The summed E-state index contributed by atoms with van der Waals surface area (Å²) in [5, 5.41) is 12.8. The van der Waals surface area contributed by atoms with Gasteiger partial charge in [-0.2, -0.15) is 5.10 Å². The molecule has 0 saturated heterocycles. The van der Waals surface area contributed by atoms with E-state index in [0.29, 0.717) is 11.3 Å². The summed E-state index contributed by atoms with van der Waals surface area (Å²) in [6.45, 7) is 0. The fourth-order valence-electron chi connectivity index (χ4n) is 0.971. The number of phenols is 1. The second-order valence-corrected chi connectivity index (χ2v) is 4.78. The fourth-order valence-corrected chi connectivity index (χ4v) is 1.22. The molecule has 0 amide bonds. The van der Waals surface area contributed by atoms with Crippen molar-refractivity contribution < 1.29 is 18.3 Å². The van der Waals surface area contributed by atoms with Gasteiger partial charge < -0.3 is 9.84 Å². The van der Waals surface area contributed by atoms with Gasteiger partial charge in [0.15, 0.2) is 11.5 Å². The van der Waals surface area contributed by atoms with Gasteiger partial charge in [0.25, 0.3) is 0 Å². The first kappa shape index (κ1) is 12.3. The van der Waals surface area contributed by atoms with Crippen LogP contribution in [-0.2, 0) is 10.0 Å². The zero-order chi connectivity index (χ0) is 12.2. The van der Waals surface area contributed by atoms with Crippen LogP contribution in [0.25, 0.3) is 0 Å². The number of hydrogen-bond donors (Lipinski definition) is 2. The maximum Gasteiger partial charge on any atom is 0.244 e. The monoisotopic (exact) mass is 244 g/mol. The molecular formula is C9H12N2O4S. The fraction of sp³-hybridized carbons (Fsp3) is 0.222. The summed E-state index contributed by atoms with van der Waals surface area (Å²) in [7, 11) is -1.93. The van der Waals surface area contributed by atoms with Crippen molar-refractivity contribution in [2.24, 2.45) is 5.10 Å². The number of rotatable bonds is 4. The zero-order valence-electron chi connectivity index (χ0n) is 8.84. The molecule has 6 nitrogen and oxygen atoms in total. The van der Waals surface area contributed by atoms with Crippen molar-refractivity contribution in [1.29, 1.82) is 0 Å². The number of hydrogen-bond acceptors (Lipinski definition) is 5. The maximum absolute atomic E-state index is 10.7. The number of hydrazone groups is 1. The summed E-state index contributed by atoms with van der Waals surface area (Å²) < 4.78 is 26.3. The Hall–Kier alpha value is -1.76. The lowest BCUT2D eigenvalue weighted by Crippen LogP contribution is -2.15. The highest BCUT2D eigenvalue weighted by Gasteiger charge is 2.01. The SMILES string of the molecule is COc1cc(/C=N\NS(C)(=O)=O)ccc1O. The predicted octanol–water partition coefficient (Wildman–Crippen LogP) is 0.284. The molecule has 0 radical (unpaired) electrons. The Labute approximate surface area is 93.6 Å². The Morgan fingerprint density at radius 2 is 2.19 bits per heavy atom. The summed E-state index contributed by atoms with van der Waals surface area (Å²) in [5.74, 6) is 0.305. The third-order valence-electron chi connectivity index (χ3n) is 1.64. The van der Waals surface area contributed by atoms with E-state index >= 15 is 0 Å². The van der Waals surface area contributed by atoms with Gasteiger partial charge in [0.1, 0.15) is 0 Å². The Kier molecular flexibility index (Phi) is 3.73. The van der Waals surface area contributed by atoms with Gasteiger partial charge in [-0.15, -0.1) is 0 Å². The molecule has 0 aromatic heterocycles. The van der Waals surface area contributed by atoms with Crippen LogP contribution in [0.5, 0.6) is 11.5 Å². The second kappa shape index (κ2) is 4.84. The van der Waals surface area contributed by atoms with E-state index in [1.165, 1.54) is 25.5 Å². The number of sulfonamides is 1. The Morgan fingerprint density at radius 3 is 2.75 bits per heavy atom. The molecule has 1 aromatic carbocycles. The zero-order valence-corrected chi connectivity index (χ0v) is 9.65. The maximum atomic E-state index is 10.7. The molecule has 1 aromatic rings. The minimum absolute atomic E-state index is 0.00993. The molecule has 88 valence electrons. The van der Waals surface area contributed by atoms with Crippen LogP contribution < -0.4 is 9.57 Å². The number of nitrogens with one attached hydrogen (secondary N) is 1. The van der Waals surface area contributed by atoms with Crippen molar-refractivity contribution in [3.05, 3.63) is 23.8 Å². The van der Waals surface area contributed by atoms with E-state index in [1.54, 1.807) is 6.07 Å². The molecule has 0 spiro atoms. The summed E-state index contributed by atoms with van der Waals surface area (Å²) in [5.41, 5.74) is 0.603. The number of nitrogens with zero attached hydrogens (tertiary/aromatic N) is 1. The van der Waals surface area contributed by atoms with Gasteiger partial charge in [-0.1, -0.05) is 0 Å². The molecule has 0 saturated carbocycles. The minimum atomic E-state index is -3.35. The molecule has 0 aliphatic carbocycles. The number of phenolic OH excluding ortho intramolecular Hbond substituents is 1. The van der Waals surface area contributed by atoms with Crippen molar-refractivity contribution in [3.8, 4) is 11.5 Å². The normalized spacial score (nSPS) is 11.6. The van der Waals surface area contributed by atoms with Crippen LogP contribution in [0.4, 0.5) is 0 Å². The lowest BCUT2D eigenvalue weighted by Gasteiger charge is -2.03. The molecule has 0 fully saturated rings. The first-order valence-corrected chi connectivity index (χ1v) is 6.18. The molecule has 0 aliphatic rings. The van der Waals surface area contributed by atoms with Crippen LogP contribution in [0.3, 0.4) is 0 Å². The standard InChI is InChI=1S/C9H12N2O4S/c1-15-9-5-7(3-4-8(9)12)6-10-11-16(2,13)14/h3-6,11-12H,1-2H3/b10-6-. The number of ether oxygens (including phenoxy) is 1. The number of benzene rings is 1. The van der Waals surface area contributed by atoms with Gasteiger partial charge in [0, 0.05) is 0 Å². The summed E-state index contributed by atoms with van der Waals surface area (Å²) in [4.78, 5) is 1.96. The lowest BCUT2D eigenvalue weighted by molar-refractivity contribution is 0.373. The van der Waals surface area contributed by atoms with Gasteiger partial charge in [-0.05, 0) is 23.8 Å². The molecule has 2 N–H and O–H groups in total. The van der Waals surface area contributed by atoms with E-state index in [2.05, 4.69) is 5.10 Å². The lowest BCUT2D eigenvalue weighted by atomic mass is 10.2. The quantitative estimate of drug-likeness (QED) is 0.588. The van der Waals surface area contributed by atoms with Crippen molar-refractivity contribution in [3.63, 3.8) is 0 Å². The summed E-state index contributed by atoms with van der Waals surface area (Å²) in [6.07, 6.45) is 2.31. The molecular weight excluding hydrogens is 232 g/mol. The summed E-state index contributed by atoms with van der Waals surface area (Å²) >= 11 is 0. The van der Waals surface area contributed by atoms with Gasteiger partial charge in [0.05, 0.1) is 19.6 Å². The Balaban J connectivity index is 2.82. The molecule has 0 unspecified atom stereocenters. The van der Waals surface area contributed by atoms with E-state index in [0.717, 1.165) is 6.26 Å². The third-order valence-corrected chi connectivity index (χ3v) is 2.07. The highest BCUT2D eigenvalue weighted by molar-refractivity contribution is 7.88. The van der Waals surface area contributed by atoms with E-state index in [-0.39, 0.29) is 5.75 Å². The summed E-state index contributed by atoms with van der Waals surface area (Å²) in [6, 6.07) is 4.54. The average Bonchev–Trinajstić information content (AvgIpc) is 2.18. The number of aromatic hydroxyl groups is 1. The number of methoxy groups -OCH3 is 1. The van der Waals surface area contributed by atoms with E-state index in [4.69, 9.17) is 4.74 Å². The van der Waals surface area contributed by atoms with Crippen LogP contribution in [-0.4, -0.2) is 33.1 Å². The largest absolute Gasteiger partial charge is 0.504 e. The van der Waals surface area contributed by atoms with Gasteiger partial charge in [-0.3, -0.25) is 0 Å². The average molecular weight is 244 g/mol. The highest BCUT2D eigenvalue weighted by Crippen LogP contribution is 2.25. The minimum Gasteiger partial charge on any atom is -0.504 e. The van der Waals surface area contributed by atoms with Crippen molar-refractivity contribution >= 4 is 16.2 Å². The van der Waals surface area contributed by atoms with Gasteiger partial charge >= 0.3 is 0 Å². The van der Waals surface area contributed by atoms with Crippen LogP contribution in [0.2, 0.25) is 0 Å². The van der Waals surface area contributed by atoms with Crippen molar-refractivity contribution in [2.75, 3.05) is 13.4 Å². The Morgan fingerprint density at radius 1 is 1.50 bits per heavy atom. The van der Waals surface area contributed by atoms with Gasteiger partial charge in [0.2, 0.25) is 10.0 Å². The third kappa shape index (κ3) is 3.77. The van der Waals surface area contributed by atoms with Gasteiger partial charge in [-0.25, -0.2) is 13.2 Å². The molecule has 0 bridgehead atoms. The molecule has 0 aliphatic heterocycles. The van der Waals surface area contributed by atoms with Crippen LogP contribution >= 0.6 is 0 Å². The Bertz CT molecular complexity index is 496. The second-order valence-electron chi connectivity index (χ2n) is 3.05. The molecule has 16 heavy (non-hydrogen) atoms. The highest BCUT2D eigenvalue weighted by atomic mass is 32.2. The molecule has 7 heteroatoms. The van der Waals surface area contributed by atoms with Crippen molar-refractivity contribution in [2.45, 2.75) is 0 Å².